The SMILES string of the molecule is C=C(C)C(=O)OC(C)(C)C(C)(OC(=O)OC(C)(C)C)C(F)(F)F. The van der Waals surface area contributed by atoms with Gasteiger partial charge in [0.1, 0.15) is 5.60 Å². The van der Waals surface area contributed by atoms with Crippen molar-refractivity contribution >= 4 is 12.1 Å². The molecule has 0 bridgehead atoms. The first-order valence-electron chi connectivity index (χ1n) is 6.80. The molecule has 0 rings (SSSR count). The Hall–Kier alpha value is -1.73. The number of alkyl halides is 3. The monoisotopic (exact) mass is 340 g/mol. The lowest BCUT2D eigenvalue weighted by atomic mass is 9.86. The Labute approximate surface area is 133 Å². The van der Waals surface area contributed by atoms with Crippen molar-refractivity contribution in [1.29, 1.82) is 0 Å². The zero-order valence-electron chi connectivity index (χ0n) is 14.4. The number of carbonyl (C=O) groups is 2. The molecule has 23 heavy (non-hydrogen) atoms. The molecule has 0 N–H and O–H groups in total. The molecule has 0 saturated carbocycles. The zero-order chi connectivity index (χ0) is 18.9. The van der Waals surface area contributed by atoms with Crippen molar-refractivity contribution in [2.75, 3.05) is 0 Å². The number of ether oxygens (including phenoxy) is 3. The first-order chi connectivity index (χ1) is 9.93. The quantitative estimate of drug-likeness (QED) is 0.568. The Bertz CT molecular complexity index is 488. The molecule has 0 saturated heterocycles. The molecule has 0 aromatic rings. The molecule has 1 unspecified atom stereocenters. The van der Waals surface area contributed by atoms with Crippen LogP contribution < -0.4 is 0 Å². The van der Waals surface area contributed by atoms with Crippen LogP contribution >= 0.6 is 0 Å². The number of rotatable bonds is 4. The summed E-state index contributed by atoms with van der Waals surface area (Å²) in [6.45, 7) is 11.6. The molecule has 0 aliphatic carbocycles. The van der Waals surface area contributed by atoms with Crippen LogP contribution in [0.1, 0.15) is 48.5 Å². The standard InChI is InChI=1S/C15H23F3O5/c1-9(2)10(19)21-13(6,7)14(8,15(16,17)18)23-11(20)22-12(3,4)5/h1H2,2-8H3. The second kappa shape index (κ2) is 6.41. The third-order valence-electron chi connectivity index (χ3n) is 3.06. The summed E-state index contributed by atoms with van der Waals surface area (Å²) in [5.74, 6) is -1.03. The van der Waals surface area contributed by atoms with Gasteiger partial charge in [0.05, 0.1) is 0 Å². The van der Waals surface area contributed by atoms with E-state index < -0.39 is 35.1 Å². The lowest BCUT2D eigenvalue weighted by Crippen LogP contribution is -2.62. The summed E-state index contributed by atoms with van der Waals surface area (Å²) in [7, 11) is 0. The fourth-order valence-corrected chi connectivity index (χ4v) is 1.38. The Morgan fingerprint density at radius 2 is 1.30 bits per heavy atom. The average molecular weight is 340 g/mol. The minimum atomic E-state index is -5.01. The van der Waals surface area contributed by atoms with Crippen molar-refractivity contribution in [2.24, 2.45) is 0 Å². The molecule has 0 radical (unpaired) electrons. The van der Waals surface area contributed by atoms with Crippen LogP contribution in [0.15, 0.2) is 12.2 Å². The van der Waals surface area contributed by atoms with Crippen LogP contribution in [-0.4, -0.2) is 35.1 Å². The van der Waals surface area contributed by atoms with Gasteiger partial charge in [-0.05, 0) is 48.5 Å². The van der Waals surface area contributed by atoms with Gasteiger partial charge in [0.2, 0.25) is 5.60 Å². The largest absolute Gasteiger partial charge is 0.509 e. The zero-order valence-corrected chi connectivity index (χ0v) is 14.4. The van der Waals surface area contributed by atoms with E-state index in [4.69, 9.17) is 9.47 Å². The number of esters is 1. The van der Waals surface area contributed by atoms with E-state index in [2.05, 4.69) is 11.3 Å². The smallest absolute Gasteiger partial charge is 0.452 e. The summed E-state index contributed by atoms with van der Waals surface area (Å²) < 4.78 is 54.6. The Morgan fingerprint density at radius 1 is 0.870 bits per heavy atom. The van der Waals surface area contributed by atoms with Crippen LogP contribution in [-0.2, 0) is 19.0 Å². The van der Waals surface area contributed by atoms with E-state index in [-0.39, 0.29) is 5.57 Å². The third-order valence-corrected chi connectivity index (χ3v) is 3.06. The molecular weight excluding hydrogens is 317 g/mol. The Balaban J connectivity index is 5.62. The van der Waals surface area contributed by atoms with Gasteiger partial charge in [0, 0.05) is 5.57 Å². The molecule has 0 aromatic carbocycles. The molecular formula is C15H23F3O5. The van der Waals surface area contributed by atoms with Crippen LogP contribution in [0, 0.1) is 0 Å². The van der Waals surface area contributed by atoms with Crippen LogP contribution in [0.5, 0.6) is 0 Å². The van der Waals surface area contributed by atoms with Crippen molar-refractivity contribution in [3.63, 3.8) is 0 Å². The highest BCUT2D eigenvalue weighted by atomic mass is 19.4. The fraction of sp³-hybridized carbons (Fsp3) is 0.733. The second-order valence-corrected chi connectivity index (χ2v) is 6.78. The summed E-state index contributed by atoms with van der Waals surface area (Å²) in [5.41, 5.74) is -6.45. The predicted octanol–water partition coefficient (Wildman–Crippen LogP) is 4.16. The first kappa shape index (κ1) is 21.3. The van der Waals surface area contributed by atoms with Crippen LogP contribution in [0.25, 0.3) is 0 Å². The van der Waals surface area contributed by atoms with E-state index in [1.54, 1.807) is 0 Å². The van der Waals surface area contributed by atoms with E-state index >= 15 is 0 Å². The van der Waals surface area contributed by atoms with Gasteiger partial charge in [0.15, 0.2) is 5.60 Å². The Kier molecular flexibility index (Phi) is 5.93. The number of hydrogen-bond donors (Lipinski definition) is 0. The van der Waals surface area contributed by atoms with Crippen molar-refractivity contribution in [2.45, 2.75) is 71.4 Å². The first-order valence-corrected chi connectivity index (χ1v) is 6.80. The number of carbonyl (C=O) groups excluding carboxylic acids is 2. The minimum Gasteiger partial charge on any atom is -0.452 e. The van der Waals surface area contributed by atoms with Gasteiger partial charge < -0.3 is 14.2 Å². The number of halogens is 3. The lowest BCUT2D eigenvalue weighted by molar-refractivity contribution is -0.309. The van der Waals surface area contributed by atoms with Gasteiger partial charge in [-0.25, -0.2) is 9.59 Å². The van der Waals surface area contributed by atoms with E-state index in [1.165, 1.54) is 27.7 Å². The maximum absolute atomic E-state index is 13.5. The second-order valence-electron chi connectivity index (χ2n) is 6.78. The third kappa shape index (κ3) is 5.44. The van der Waals surface area contributed by atoms with Crippen molar-refractivity contribution in [3.05, 3.63) is 12.2 Å². The van der Waals surface area contributed by atoms with Crippen molar-refractivity contribution in [3.8, 4) is 0 Å². The summed E-state index contributed by atoms with van der Waals surface area (Å²) in [6.07, 6.45) is -6.53. The molecule has 0 heterocycles. The van der Waals surface area contributed by atoms with Crippen LogP contribution in [0.3, 0.4) is 0 Å². The molecule has 0 amide bonds. The summed E-state index contributed by atoms with van der Waals surface area (Å²) >= 11 is 0. The van der Waals surface area contributed by atoms with Crippen LogP contribution in [0.4, 0.5) is 18.0 Å². The fourth-order valence-electron chi connectivity index (χ4n) is 1.38. The van der Waals surface area contributed by atoms with E-state index in [1.807, 2.05) is 0 Å². The average Bonchev–Trinajstić information content (AvgIpc) is 2.23. The summed E-state index contributed by atoms with van der Waals surface area (Å²) in [4.78, 5) is 23.3. The maximum Gasteiger partial charge on any atom is 0.509 e. The van der Waals surface area contributed by atoms with E-state index in [0.29, 0.717) is 6.92 Å². The highest BCUT2D eigenvalue weighted by Crippen LogP contribution is 2.44. The summed E-state index contributed by atoms with van der Waals surface area (Å²) in [5, 5.41) is 0. The van der Waals surface area contributed by atoms with Gasteiger partial charge in [-0.15, -0.1) is 0 Å². The van der Waals surface area contributed by atoms with Crippen LogP contribution in [0.2, 0.25) is 0 Å². The molecule has 5 nitrogen and oxygen atoms in total. The maximum atomic E-state index is 13.5. The highest BCUT2D eigenvalue weighted by Gasteiger charge is 2.66. The topological polar surface area (TPSA) is 61.8 Å². The molecule has 1 atom stereocenters. The lowest BCUT2D eigenvalue weighted by Gasteiger charge is -2.43. The number of hydrogen-bond acceptors (Lipinski definition) is 5. The Morgan fingerprint density at radius 3 is 1.61 bits per heavy atom. The minimum absolute atomic E-state index is 0.0835. The molecule has 0 aromatic heterocycles. The van der Waals surface area contributed by atoms with Gasteiger partial charge >= 0.3 is 18.3 Å². The normalized spacial score (nSPS) is 15.4. The van der Waals surface area contributed by atoms with Gasteiger partial charge in [-0.2, -0.15) is 13.2 Å². The van der Waals surface area contributed by atoms with E-state index in [0.717, 1.165) is 13.8 Å². The molecule has 8 heteroatoms. The summed E-state index contributed by atoms with van der Waals surface area (Å²) in [6, 6.07) is 0. The van der Waals surface area contributed by atoms with Crippen molar-refractivity contribution in [1.82, 2.24) is 0 Å². The van der Waals surface area contributed by atoms with Gasteiger partial charge in [0.25, 0.3) is 0 Å². The highest BCUT2D eigenvalue weighted by molar-refractivity contribution is 5.87. The molecule has 0 fully saturated rings. The predicted molar refractivity (Wildman–Crippen MR) is 76.8 cm³/mol. The molecule has 0 aliphatic heterocycles. The van der Waals surface area contributed by atoms with Gasteiger partial charge in [-0.3, -0.25) is 0 Å². The molecule has 0 spiro atoms. The van der Waals surface area contributed by atoms with Gasteiger partial charge in [-0.1, -0.05) is 6.58 Å². The molecule has 134 valence electrons. The molecule has 0 aliphatic rings. The van der Waals surface area contributed by atoms with E-state index in [9.17, 15) is 22.8 Å². The van der Waals surface area contributed by atoms with Crippen molar-refractivity contribution < 1.29 is 37.0 Å².